The van der Waals surface area contributed by atoms with Gasteiger partial charge in [0.15, 0.2) is 5.78 Å². The van der Waals surface area contributed by atoms with E-state index in [0.29, 0.717) is 0 Å². The van der Waals surface area contributed by atoms with E-state index in [0.717, 1.165) is 13.1 Å². The largest absolute Gasteiger partial charge is 0.371 e. The third-order valence-electron chi connectivity index (χ3n) is 3.13. The van der Waals surface area contributed by atoms with Gasteiger partial charge in [-0.05, 0) is 53.6 Å². The standard InChI is InChI=1S/C12H23NO2/c1-10(2)15-9-11(14)12(3,4)13-7-5-6-8-13/h10H,5-9H2,1-4H3. The average Bonchev–Trinajstić information content (AvgIpc) is 2.66. The molecule has 1 fully saturated rings. The number of carbonyl (C=O) groups excluding carboxylic acids is 1. The minimum Gasteiger partial charge on any atom is -0.371 e. The molecule has 1 rings (SSSR count). The Bertz CT molecular complexity index is 218. The van der Waals surface area contributed by atoms with Crippen molar-refractivity contribution in [1.29, 1.82) is 0 Å². The summed E-state index contributed by atoms with van der Waals surface area (Å²) in [6.07, 6.45) is 2.55. The van der Waals surface area contributed by atoms with Gasteiger partial charge in [0.05, 0.1) is 11.6 Å². The molecule has 1 aliphatic rings. The summed E-state index contributed by atoms with van der Waals surface area (Å²) in [6, 6.07) is 0. The quantitative estimate of drug-likeness (QED) is 0.698. The molecule has 0 aliphatic carbocycles. The van der Waals surface area contributed by atoms with Gasteiger partial charge in [0.25, 0.3) is 0 Å². The number of ketones is 1. The van der Waals surface area contributed by atoms with Gasteiger partial charge < -0.3 is 4.74 Å². The Balaban J connectivity index is 2.48. The lowest BCUT2D eigenvalue weighted by atomic mass is 9.97. The van der Waals surface area contributed by atoms with Gasteiger partial charge in [-0.1, -0.05) is 0 Å². The second kappa shape index (κ2) is 5.08. The van der Waals surface area contributed by atoms with Crippen molar-refractivity contribution in [1.82, 2.24) is 4.90 Å². The van der Waals surface area contributed by atoms with E-state index in [1.165, 1.54) is 12.8 Å². The summed E-state index contributed by atoms with van der Waals surface area (Å²) < 4.78 is 5.37. The zero-order valence-corrected chi connectivity index (χ0v) is 10.4. The average molecular weight is 213 g/mol. The fourth-order valence-corrected chi connectivity index (χ4v) is 1.87. The van der Waals surface area contributed by atoms with E-state index in [2.05, 4.69) is 4.90 Å². The molecule has 0 unspecified atom stereocenters. The molecule has 1 aliphatic heterocycles. The molecule has 0 saturated carbocycles. The maximum absolute atomic E-state index is 12.0. The highest BCUT2D eigenvalue weighted by Crippen LogP contribution is 2.21. The minimum atomic E-state index is -0.356. The first-order valence-corrected chi connectivity index (χ1v) is 5.84. The van der Waals surface area contributed by atoms with Gasteiger partial charge in [-0.2, -0.15) is 0 Å². The summed E-state index contributed by atoms with van der Waals surface area (Å²) in [7, 11) is 0. The molecule has 0 amide bonds. The fraction of sp³-hybridized carbons (Fsp3) is 0.917. The van der Waals surface area contributed by atoms with Crippen molar-refractivity contribution in [2.24, 2.45) is 0 Å². The molecular weight excluding hydrogens is 190 g/mol. The van der Waals surface area contributed by atoms with Crippen molar-refractivity contribution in [2.45, 2.75) is 52.2 Å². The van der Waals surface area contributed by atoms with Crippen LogP contribution in [0.25, 0.3) is 0 Å². The van der Waals surface area contributed by atoms with Crippen LogP contribution < -0.4 is 0 Å². The molecule has 0 radical (unpaired) electrons. The first-order chi connectivity index (χ1) is 6.94. The number of nitrogens with zero attached hydrogens (tertiary/aromatic N) is 1. The molecule has 3 heteroatoms. The first-order valence-electron chi connectivity index (χ1n) is 5.84. The smallest absolute Gasteiger partial charge is 0.178 e. The molecule has 0 bridgehead atoms. The molecule has 0 aromatic carbocycles. The summed E-state index contributed by atoms with van der Waals surface area (Å²) >= 11 is 0. The van der Waals surface area contributed by atoms with Gasteiger partial charge in [0.2, 0.25) is 0 Å². The highest BCUT2D eigenvalue weighted by molar-refractivity contribution is 5.88. The predicted octanol–water partition coefficient (Wildman–Crippen LogP) is 1.85. The van der Waals surface area contributed by atoms with Crippen LogP contribution in [0.5, 0.6) is 0 Å². The van der Waals surface area contributed by atoms with E-state index in [1.54, 1.807) is 0 Å². The van der Waals surface area contributed by atoms with Crippen molar-refractivity contribution < 1.29 is 9.53 Å². The van der Waals surface area contributed by atoms with Gasteiger partial charge in [-0.15, -0.1) is 0 Å². The van der Waals surface area contributed by atoms with Crippen LogP contribution in [0.15, 0.2) is 0 Å². The van der Waals surface area contributed by atoms with Crippen LogP contribution in [0.3, 0.4) is 0 Å². The van der Waals surface area contributed by atoms with Crippen LogP contribution in [0, 0.1) is 0 Å². The minimum absolute atomic E-state index is 0.128. The van der Waals surface area contributed by atoms with Gasteiger partial charge in [0, 0.05) is 0 Å². The number of Topliss-reactive ketones (excluding diaryl/α,β-unsaturated/α-hetero) is 1. The lowest BCUT2D eigenvalue weighted by Gasteiger charge is -2.33. The lowest BCUT2D eigenvalue weighted by Crippen LogP contribution is -2.50. The van der Waals surface area contributed by atoms with Gasteiger partial charge in [-0.25, -0.2) is 0 Å². The lowest BCUT2D eigenvalue weighted by molar-refractivity contribution is -0.135. The zero-order chi connectivity index (χ0) is 11.5. The van der Waals surface area contributed by atoms with Crippen molar-refractivity contribution in [3.8, 4) is 0 Å². The van der Waals surface area contributed by atoms with Crippen LogP contribution in [-0.4, -0.2) is 42.0 Å². The second-order valence-corrected chi connectivity index (χ2v) is 5.04. The number of ether oxygens (including phenoxy) is 1. The molecule has 15 heavy (non-hydrogen) atoms. The molecular formula is C12H23NO2. The SMILES string of the molecule is CC(C)OCC(=O)C(C)(C)N1CCCC1. The van der Waals surface area contributed by atoms with E-state index in [4.69, 9.17) is 4.74 Å². The molecule has 0 atom stereocenters. The predicted molar refractivity (Wildman–Crippen MR) is 61.0 cm³/mol. The molecule has 0 spiro atoms. The number of likely N-dealkylation sites (tertiary alicyclic amines) is 1. The van der Waals surface area contributed by atoms with Gasteiger partial charge in [0.1, 0.15) is 6.61 Å². The maximum atomic E-state index is 12.0. The first kappa shape index (κ1) is 12.7. The van der Waals surface area contributed by atoms with Crippen molar-refractivity contribution >= 4 is 5.78 Å². The van der Waals surface area contributed by atoms with E-state index in [9.17, 15) is 4.79 Å². The topological polar surface area (TPSA) is 29.5 Å². The van der Waals surface area contributed by atoms with Crippen molar-refractivity contribution in [2.75, 3.05) is 19.7 Å². The van der Waals surface area contributed by atoms with E-state index in [-0.39, 0.29) is 24.0 Å². The Kier molecular flexibility index (Phi) is 4.29. The zero-order valence-electron chi connectivity index (χ0n) is 10.4. The van der Waals surface area contributed by atoms with Crippen LogP contribution in [-0.2, 0) is 9.53 Å². The summed E-state index contributed by atoms with van der Waals surface area (Å²) in [5.74, 6) is 0.193. The summed E-state index contributed by atoms with van der Waals surface area (Å²) in [5.41, 5.74) is -0.356. The summed E-state index contributed by atoms with van der Waals surface area (Å²) in [6.45, 7) is 10.2. The number of hydrogen-bond donors (Lipinski definition) is 0. The summed E-state index contributed by atoms with van der Waals surface area (Å²) in [5, 5.41) is 0. The van der Waals surface area contributed by atoms with E-state index in [1.807, 2.05) is 27.7 Å². The Hall–Kier alpha value is -0.410. The number of carbonyl (C=O) groups is 1. The molecule has 88 valence electrons. The fourth-order valence-electron chi connectivity index (χ4n) is 1.87. The normalized spacial score (nSPS) is 18.7. The molecule has 3 nitrogen and oxygen atoms in total. The molecule has 1 heterocycles. The maximum Gasteiger partial charge on any atom is 0.178 e. The van der Waals surface area contributed by atoms with E-state index >= 15 is 0 Å². The van der Waals surface area contributed by atoms with Crippen LogP contribution in [0.2, 0.25) is 0 Å². The second-order valence-electron chi connectivity index (χ2n) is 5.04. The monoisotopic (exact) mass is 213 g/mol. The molecule has 0 N–H and O–H groups in total. The Morgan fingerprint density at radius 3 is 2.33 bits per heavy atom. The van der Waals surface area contributed by atoms with Crippen molar-refractivity contribution in [3.05, 3.63) is 0 Å². The van der Waals surface area contributed by atoms with Gasteiger partial charge >= 0.3 is 0 Å². The highest BCUT2D eigenvalue weighted by atomic mass is 16.5. The van der Waals surface area contributed by atoms with Crippen LogP contribution >= 0.6 is 0 Å². The Morgan fingerprint density at radius 1 is 1.33 bits per heavy atom. The van der Waals surface area contributed by atoms with Crippen LogP contribution in [0.1, 0.15) is 40.5 Å². The molecule has 0 aromatic heterocycles. The number of rotatable bonds is 5. The molecule has 0 aromatic rings. The number of hydrogen-bond acceptors (Lipinski definition) is 3. The Morgan fingerprint density at radius 2 is 1.87 bits per heavy atom. The Labute approximate surface area is 92.8 Å². The van der Waals surface area contributed by atoms with Crippen LogP contribution in [0.4, 0.5) is 0 Å². The van der Waals surface area contributed by atoms with Gasteiger partial charge in [-0.3, -0.25) is 9.69 Å². The van der Waals surface area contributed by atoms with E-state index < -0.39 is 0 Å². The third-order valence-corrected chi connectivity index (χ3v) is 3.13. The molecule has 1 saturated heterocycles. The van der Waals surface area contributed by atoms with Crippen molar-refractivity contribution in [3.63, 3.8) is 0 Å². The summed E-state index contributed by atoms with van der Waals surface area (Å²) in [4.78, 5) is 14.3. The third kappa shape index (κ3) is 3.28. The highest BCUT2D eigenvalue weighted by Gasteiger charge is 2.35.